The summed E-state index contributed by atoms with van der Waals surface area (Å²) in [5, 5.41) is 19.2. The molecule has 1 aliphatic rings. The molecule has 4 rings (SSSR count). The van der Waals surface area contributed by atoms with Crippen LogP contribution in [0.5, 0.6) is 0 Å². The van der Waals surface area contributed by atoms with Crippen molar-refractivity contribution in [3.63, 3.8) is 0 Å². The van der Waals surface area contributed by atoms with Crippen LogP contribution in [0.15, 0.2) is 48.7 Å². The molecule has 2 N–H and O–H groups in total. The van der Waals surface area contributed by atoms with Crippen molar-refractivity contribution in [2.24, 2.45) is 7.05 Å². The van der Waals surface area contributed by atoms with Crippen molar-refractivity contribution in [2.75, 3.05) is 6.61 Å². The lowest BCUT2D eigenvalue weighted by atomic mass is 9.94. The molecule has 0 bridgehead atoms. The summed E-state index contributed by atoms with van der Waals surface area (Å²) in [5.74, 6) is -0.929. The zero-order chi connectivity index (χ0) is 21.4. The van der Waals surface area contributed by atoms with Gasteiger partial charge in [-0.05, 0) is 42.2 Å². The van der Waals surface area contributed by atoms with Crippen LogP contribution >= 0.6 is 0 Å². The number of aliphatic hydroxyl groups excluding tert-OH is 2. The van der Waals surface area contributed by atoms with Crippen molar-refractivity contribution in [1.82, 2.24) is 4.57 Å². The number of carbonyl (C=O) groups is 2. The number of ketones is 2. The molecule has 1 unspecified atom stereocenters. The Labute approximate surface area is 173 Å². The van der Waals surface area contributed by atoms with Gasteiger partial charge in [0.05, 0.1) is 19.1 Å². The van der Waals surface area contributed by atoms with Crippen LogP contribution in [-0.2, 0) is 23.1 Å². The molecular formula is C24H22FNO4. The number of benzene rings is 2. The van der Waals surface area contributed by atoms with Gasteiger partial charge < -0.3 is 14.8 Å². The van der Waals surface area contributed by atoms with Crippen LogP contribution in [0.2, 0.25) is 0 Å². The minimum Gasteiger partial charge on any atom is -0.394 e. The molecule has 0 radical (unpaired) electrons. The van der Waals surface area contributed by atoms with Crippen molar-refractivity contribution in [3.8, 4) is 0 Å². The summed E-state index contributed by atoms with van der Waals surface area (Å²) in [6.45, 7) is -0.306. The number of halogens is 1. The molecule has 0 saturated carbocycles. The fourth-order valence-electron chi connectivity index (χ4n) is 4.06. The number of aliphatic hydroxyl groups is 2. The van der Waals surface area contributed by atoms with Gasteiger partial charge in [0, 0.05) is 40.9 Å². The van der Waals surface area contributed by atoms with Gasteiger partial charge in [0.1, 0.15) is 5.82 Å². The average Bonchev–Trinajstić information content (AvgIpc) is 3.20. The summed E-state index contributed by atoms with van der Waals surface area (Å²) < 4.78 is 15.7. The normalized spacial score (nSPS) is 15.5. The standard InChI is InChI=1S/C24H22FNO4/c1-26-12-19(18-10-16(25)6-8-20(18)26)24-22(30)11-21(29)23(24)15-4-2-3-14(9-15)5-7-17(28)13-27/h2-4,6,8-10,12,17,27-28H,5,7,11,13H2,1H3. The number of Topliss-reactive ketones (excluding diaryl/α,β-unsaturated/α-hetero) is 2. The van der Waals surface area contributed by atoms with Gasteiger partial charge in [-0.2, -0.15) is 0 Å². The summed E-state index contributed by atoms with van der Waals surface area (Å²) in [6, 6.07) is 11.7. The molecule has 1 aliphatic carbocycles. The predicted molar refractivity (Wildman–Crippen MR) is 112 cm³/mol. The van der Waals surface area contributed by atoms with Gasteiger partial charge in [-0.15, -0.1) is 0 Å². The first-order valence-corrected chi connectivity index (χ1v) is 9.83. The van der Waals surface area contributed by atoms with E-state index in [2.05, 4.69) is 0 Å². The van der Waals surface area contributed by atoms with Gasteiger partial charge in [-0.3, -0.25) is 9.59 Å². The zero-order valence-corrected chi connectivity index (χ0v) is 16.6. The Hall–Kier alpha value is -3.09. The largest absolute Gasteiger partial charge is 0.394 e. The Morgan fingerprint density at radius 1 is 1.10 bits per heavy atom. The lowest BCUT2D eigenvalue weighted by Crippen LogP contribution is -2.12. The van der Waals surface area contributed by atoms with Gasteiger partial charge in [0.15, 0.2) is 11.6 Å². The summed E-state index contributed by atoms with van der Waals surface area (Å²) in [5.41, 5.74) is 3.52. The van der Waals surface area contributed by atoms with Crippen molar-refractivity contribution in [2.45, 2.75) is 25.4 Å². The van der Waals surface area contributed by atoms with Gasteiger partial charge in [-0.1, -0.05) is 24.3 Å². The minimum atomic E-state index is -0.802. The van der Waals surface area contributed by atoms with Gasteiger partial charge in [0.2, 0.25) is 0 Å². The summed E-state index contributed by atoms with van der Waals surface area (Å²) in [4.78, 5) is 25.6. The van der Waals surface area contributed by atoms with Crippen LogP contribution in [0.25, 0.3) is 22.0 Å². The van der Waals surface area contributed by atoms with Crippen LogP contribution < -0.4 is 0 Å². The molecule has 1 heterocycles. The summed E-state index contributed by atoms with van der Waals surface area (Å²) in [7, 11) is 1.82. The number of rotatable bonds is 6. The minimum absolute atomic E-state index is 0.205. The Bertz CT molecular complexity index is 1190. The molecule has 0 fully saturated rings. The van der Waals surface area contributed by atoms with E-state index in [1.807, 2.05) is 23.7 Å². The molecule has 6 heteroatoms. The van der Waals surface area contributed by atoms with E-state index in [1.165, 1.54) is 12.1 Å². The second-order valence-electron chi connectivity index (χ2n) is 7.66. The molecule has 1 aromatic heterocycles. The maximum atomic E-state index is 13.9. The zero-order valence-electron chi connectivity index (χ0n) is 16.6. The number of fused-ring (bicyclic) bond motifs is 1. The molecule has 0 aliphatic heterocycles. The first-order chi connectivity index (χ1) is 14.4. The van der Waals surface area contributed by atoms with Crippen LogP contribution in [-0.4, -0.2) is 39.1 Å². The quantitative estimate of drug-likeness (QED) is 0.616. The predicted octanol–water partition coefficient (Wildman–Crippen LogP) is 3.06. The lowest BCUT2D eigenvalue weighted by Gasteiger charge is -2.10. The van der Waals surface area contributed by atoms with E-state index in [0.29, 0.717) is 40.5 Å². The van der Waals surface area contributed by atoms with Crippen molar-refractivity contribution >= 4 is 33.6 Å². The molecule has 2 aromatic carbocycles. The third kappa shape index (κ3) is 3.60. The van der Waals surface area contributed by atoms with E-state index in [1.54, 1.807) is 24.4 Å². The van der Waals surface area contributed by atoms with Gasteiger partial charge >= 0.3 is 0 Å². The highest BCUT2D eigenvalue weighted by molar-refractivity contribution is 6.51. The molecule has 0 amide bonds. The Morgan fingerprint density at radius 2 is 1.87 bits per heavy atom. The monoisotopic (exact) mass is 407 g/mol. The number of nitrogens with zero attached hydrogens (tertiary/aromatic N) is 1. The fraction of sp³-hybridized carbons (Fsp3) is 0.250. The number of carbonyl (C=O) groups excluding carboxylic acids is 2. The number of hydrogen-bond donors (Lipinski definition) is 2. The molecule has 0 saturated heterocycles. The molecule has 5 nitrogen and oxygen atoms in total. The molecule has 3 aromatic rings. The van der Waals surface area contributed by atoms with Gasteiger partial charge in [-0.25, -0.2) is 4.39 Å². The average molecular weight is 407 g/mol. The Morgan fingerprint density at radius 3 is 2.63 bits per heavy atom. The van der Waals surface area contributed by atoms with Crippen LogP contribution in [0.1, 0.15) is 29.5 Å². The number of aryl methyl sites for hydroxylation is 2. The Kier molecular flexibility index (Phi) is 5.37. The van der Waals surface area contributed by atoms with Crippen molar-refractivity contribution in [1.29, 1.82) is 0 Å². The van der Waals surface area contributed by atoms with E-state index < -0.39 is 11.9 Å². The number of aromatic nitrogens is 1. The molecule has 154 valence electrons. The maximum Gasteiger partial charge on any atom is 0.172 e. The van der Waals surface area contributed by atoms with Gasteiger partial charge in [0.25, 0.3) is 0 Å². The van der Waals surface area contributed by atoms with Crippen LogP contribution in [0.4, 0.5) is 4.39 Å². The fourth-order valence-corrected chi connectivity index (χ4v) is 4.06. The van der Waals surface area contributed by atoms with E-state index in [-0.39, 0.29) is 24.6 Å². The Balaban J connectivity index is 1.85. The van der Waals surface area contributed by atoms with Crippen molar-refractivity contribution in [3.05, 3.63) is 71.2 Å². The third-order valence-electron chi connectivity index (χ3n) is 5.54. The highest BCUT2D eigenvalue weighted by Gasteiger charge is 2.34. The first kappa shape index (κ1) is 20.2. The molecule has 1 atom stereocenters. The molecule has 0 spiro atoms. The smallest absolute Gasteiger partial charge is 0.172 e. The second-order valence-corrected chi connectivity index (χ2v) is 7.66. The number of allylic oxidation sites excluding steroid dienone is 2. The van der Waals surface area contributed by atoms with E-state index in [4.69, 9.17) is 5.11 Å². The van der Waals surface area contributed by atoms with Crippen LogP contribution in [0.3, 0.4) is 0 Å². The first-order valence-electron chi connectivity index (χ1n) is 9.83. The molecule has 30 heavy (non-hydrogen) atoms. The SMILES string of the molecule is Cn1cc(C2=C(c3cccc(CCC(O)CO)c3)C(=O)CC2=O)c2cc(F)ccc21. The van der Waals surface area contributed by atoms with E-state index in [9.17, 15) is 19.1 Å². The van der Waals surface area contributed by atoms with E-state index >= 15 is 0 Å². The van der Waals surface area contributed by atoms with Crippen LogP contribution in [0, 0.1) is 5.82 Å². The lowest BCUT2D eigenvalue weighted by molar-refractivity contribution is -0.119. The summed E-state index contributed by atoms with van der Waals surface area (Å²) >= 11 is 0. The second kappa shape index (κ2) is 7.97. The summed E-state index contributed by atoms with van der Waals surface area (Å²) in [6.07, 6.45) is 1.67. The van der Waals surface area contributed by atoms with E-state index in [0.717, 1.165) is 11.1 Å². The van der Waals surface area contributed by atoms with Crippen molar-refractivity contribution < 1.29 is 24.2 Å². The highest BCUT2D eigenvalue weighted by atomic mass is 19.1. The molecular weight excluding hydrogens is 385 g/mol. The topological polar surface area (TPSA) is 79.5 Å². The maximum absolute atomic E-state index is 13.9. The third-order valence-corrected chi connectivity index (χ3v) is 5.54. The number of hydrogen-bond acceptors (Lipinski definition) is 4. The highest BCUT2D eigenvalue weighted by Crippen LogP contribution is 2.39.